The molecule has 3 fully saturated rings. The molecule has 3 saturated carbocycles. The van der Waals surface area contributed by atoms with Crippen LogP contribution in [0.25, 0.3) is 0 Å². The molecule has 0 amide bonds. The lowest BCUT2D eigenvalue weighted by atomic mass is 10.0. The van der Waals surface area contributed by atoms with Crippen LogP contribution in [0.4, 0.5) is 0 Å². The highest BCUT2D eigenvalue weighted by Gasteiger charge is 2.66. The molecule has 1 aromatic heterocycles. The van der Waals surface area contributed by atoms with Crippen LogP contribution >= 0.6 is 11.3 Å². The molecular formula is C15H23N3S. The van der Waals surface area contributed by atoms with Crippen molar-refractivity contribution in [2.75, 3.05) is 6.54 Å². The molecule has 0 spiro atoms. The zero-order chi connectivity index (χ0) is 13.0. The quantitative estimate of drug-likeness (QED) is 0.899. The van der Waals surface area contributed by atoms with Gasteiger partial charge in [0.2, 0.25) is 0 Å². The van der Waals surface area contributed by atoms with E-state index in [-0.39, 0.29) is 0 Å². The van der Waals surface area contributed by atoms with Crippen LogP contribution in [0, 0.1) is 29.6 Å². The number of rotatable bonds is 5. The van der Waals surface area contributed by atoms with Crippen LogP contribution in [0.3, 0.4) is 0 Å². The highest BCUT2D eigenvalue weighted by molar-refractivity contribution is 7.11. The lowest BCUT2D eigenvalue weighted by Crippen LogP contribution is -2.18. The molecule has 4 atom stereocenters. The van der Waals surface area contributed by atoms with Gasteiger partial charge in [0.25, 0.3) is 0 Å². The van der Waals surface area contributed by atoms with Gasteiger partial charge in [-0.05, 0) is 55.4 Å². The molecular weight excluding hydrogens is 254 g/mol. The summed E-state index contributed by atoms with van der Waals surface area (Å²) in [6.45, 7) is 6.43. The summed E-state index contributed by atoms with van der Waals surface area (Å²) in [5.41, 5.74) is 0. The molecule has 1 aromatic rings. The van der Waals surface area contributed by atoms with Crippen LogP contribution in [-0.4, -0.2) is 16.7 Å². The maximum Gasteiger partial charge on any atom is 0.131 e. The molecule has 3 aliphatic rings. The number of aromatic nitrogens is 2. The highest BCUT2D eigenvalue weighted by atomic mass is 32.1. The van der Waals surface area contributed by atoms with Crippen molar-refractivity contribution in [1.82, 2.24) is 15.5 Å². The largest absolute Gasteiger partial charge is 0.310 e. The third kappa shape index (κ3) is 2.04. The number of nitrogens with zero attached hydrogens (tertiary/aromatic N) is 2. The number of fused-ring (bicyclic) bond motifs is 5. The molecule has 1 heterocycles. The van der Waals surface area contributed by atoms with E-state index in [4.69, 9.17) is 0 Å². The molecule has 104 valence electrons. The summed E-state index contributed by atoms with van der Waals surface area (Å²) in [4.78, 5) is 0. The summed E-state index contributed by atoms with van der Waals surface area (Å²) in [5, 5.41) is 14.8. The summed E-state index contributed by atoms with van der Waals surface area (Å²) in [5.74, 6) is 5.54. The zero-order valence-corrected chi connectivity index (χ0v) is 12.6. The second-order valence-electron chi connectivity index (χ2n) is 7.07. The van der Waals surface area contributed by atoms with E-state index in [1.54, 1.807) is 0 Å². The number of hydrogen-bond acceptors (Lipinski definition) is 4. The van der Waals surface area contributed by atoms with Crippen molar-refractivity contribution < 1.29 is 0 Å². The van der Waals surface area contributed by atoms with Crippen LogP contribution < -0.4 is 5.32 Å². The second-order valence-corrected chi connectivity index (χ2v) is 8.17. The molecule has 4 unspecified atom stereocenters. The van der Waals surface area contributed by atoms with Crippen molar-refractivity contribution in [3.63, 3.8) is 0 Å². The van der Waals surface area contributed by atoms with E-state index >= 15 is 0 Å². The standard InChI is InChI=1S/C15H23N3S/c1-8(2)6-16-7-11-17-18-15(19-11)14-12-9-3-4-10(5-9)13(12)14/h8-10,12-14,16H,3-7H2,1-2H3. The summed E-state index contributed by atoms with van der Waals surface area (Å²) in [6, 6.07) is 0. The SMILES string of the molecule is CC(C)CNCc1nnc(C2C3C4CCC(C4)C23)s1. The van der Waals surface area contributed by atoms with Gasteiger partial charge in [-0.1, -0.05) is 25.2 Å². The fourth-order valence-corrected chi connectivity index (χ4v) is 5.63. The fourth-order valence-electron chi connectivity index (χ4n) is 4.60. The van der Waals surface area contributed by atoms with Crippen LogP contribution in [0.2, 0.25) is 0 Å². The van der Waals surface area contributed by atoms with Gasteiger partial charge in [-0.2, -0.15) is 0 Å². The van der Waals surface area contributed by atoms with Crippen LogP contribution in [0.5, 0.6) is 0 Å². The first-order valence-corrected chi connectivity index (χ1v) is 8.58. The molecule has 4 rings (SSSR count). The molecule has 0 aromatic carbocycles. The minimum Gasteiger partial charge on any atom is -0.310 e. The summed E-state index contributed by atoms with van der Waals surface area (Å²) < 4.78 is 0. The van der Waals surface area contributed by atoms with Gasteiger partial charge in [0.1, 0.15) is 10.0 Å². The maximum absolute atomic E-state index is 4.48. The number of nitrogens with one attached hydrogen (secondary N) is 1. The molecule has 3 nitrogen and oxygen atoms in total. The van der Waals surface area contributed by atoms with Gasteiger partial charge in [-0.3, -0.25) is 0 Å². The van der Waals surface area contributed by atoms with Gasteiger partial charge in [0.05, 0.1) is 0 Å². The lowest BCUT2D eigenvalue weighted by molar-refractivity contribution is 0.456. The normalized spacial score (nSPS) is 39.0. The molecule has 0 radical (unpaired) electrons. The van der Waals surface area contributed by atoms with Gasteiger partial charge in [-0.15, -0.1) is 10.2 Å². The maximum atomic E-state index is 4.48. The molecule has 0 saturated heterocycles. The Balaban J connectivity index is 1.37. The predicted molar refractivity (Wildman–Crippen MR) is 77.0 cm³/mol. The minimum atomic E-state index is 0.700. The van der Waals surface area contributed by atoms with Crippen molar-refractivity contribution >= 4 is 11.3 Å². The Morgan fingerprint density at radius 3 is 2.63 bits per heavy atom. The van der Waals surface area contributed by atoms with Crippen molar-refractivity contribution in [1.29, 1.82) is 0 Å². The first-order valence-electron chi connectivity index (χ1n) is 7.77. The van der Waals surface area contributed by atoms with Crippen LogP contribution in [0.1, 0.15) is 49.0 Å². The topological polar surface area (TPSA) is 37.8 Å². The van der Waals surface area contributed by atoms with Crippen molar-refractivity contribution in [2.45, 2.75) is 45.6 Å². The molecule has 19 heavy (non-hydrogen) atoms. The smallest absolute Gasteiger partial charge is 0.131 e. The van der Waals surface area contributed by atoms with E-state index in [0.29, 0.717) is 5.92 Å². The zero-order valence-electron chi connectivity index (χ0n) is 11.8. The third-order valence-electron chi connectivity index (χ3n) is 5.33. The van der Waals surface area contributed by atoms with Crippen LogP contribution in [-0.2, 0) is 6.54 Å². The van der Waals surface area contributed by atoms with E-state index < -0.39 is 0 Å². The monoisotopic (exact) mass is 277 g/mol. The van der Waals surface area contributed by atoms with E-state index in [2.05, 4.69) is 29.4 Å². The first-order chi connectivity index (χ1) is 9.24. The van der Waals surface area contributed by atoms with E-state index in [1.807, 2.05) is 11.3 Å². The Bertz CT molecular complexity index is 454. The van der Waals surface area contributed by atoms with Crippen LogP contribution in [0.15, 0.2) is 0 Å². The average Bonchev–Trinajstić information content (AvgIpc) is 2.78. The van der Waals surface area contributed by atoms with Gasteiger partial charge >= 0.3 is 0 Å². The average molecular weight is 277 g/mol. The Morgan fingerprint density at radius 1 is 1.21 bits per heavy atom. The van der Waals surface area contributed by atoms with E-state index in [9.17, 15) is 0 Å². The molecule has 4 heteroatoms. The molecule has 2 bridgehead atoms. The molecule has 3 aliphatic carbocycles. The Hall–Kier alpha value is -0.480. The predicted octanol–water partition coefficient (Wildman–Crippen LogP) is 3.04. The Kier molecular flexibility index (Phi) is 2.92. The van der Waals surface area contributed by atoms with Gasteiger partial charge in [0.15, 0.2) is 0 Å². The van der Waals surface area contributed by atoms with E-state index in [0.717, 1.165) is 42.7 Å². The van der Waals surface area contributed by atoms with Crippen molar-refractivity contribution in [3.05, 3.63) is 10.0 Å². The summed E-state index contributed by atoms with van der Waals surface area (Å²) >= 11 is 1.86. The van der Waals surface area contributed by atoms with Crippen molar-refractivity contribution in [2.24, 2.45) is 29.6 Å². The van der Waals surface area contributed by atoms with Crippen molar-refractivity contribution in [3.8, 4) is 0 Å². The Morgan fingerprint density at radius 2 is 1.95 bits per heavy atom. The Labute approximate surface area is 119 Å². The number of hydrogen-bond donors (Lipinski definition) is 1. The molecule has 0 aliphatic heterocycles. The summed E-state index contributed by atoms with van der Waals surface area (Å²) in [6.07, 6.45) is 4.50. The van der Waals surface area contributed by atoms with Gasteiger partial charge < -0.3 is 5.32 Å². The minimum absolute atomic E-state index is 0.700. The lowest BCUT2D eigenvalue weighted by Gasteiger charge is -2.05. The van der Waals surface area contributed by atoms with E-state index in [1.165, 1.54) is 29.3 Å². The first kappa shape index (κ1) is 12.3. The fraction of sp³-hybridized carbons (Fsp3) is 0.867. The molecule has 1 N–H and O–H groups in total. The second kappa shape index (κ2) is 4.52. The van der Waals surface area contributed by atoms with Gasteiger partial charge in [0, 0.05) is 12.5 Å². The third-order valence-corrected chi connectivity index (χ3v) is 6.36. The highest BCUT2D eigenvalue weighted by Crippen LogP contribution is 2.73. The summed E-state index contributed by atoms with van der Waals surface area (Å²) in [7, 11) is 0. The van der Waals surface area contributed by atoms with Gasteiger partial charge in [-0.25, -0.2) is 0 Å².